The second-order valence-corrected chi connectivity index (χ2v) is 11.9. The Labute approximate surface area is 303 Å². The number of aromatic hydroxyl groups is 1. The number of carboxylic acid groups (broad SMARTS) is 1. The fourth-order valence-electron chi connectivity index (χ4n) is 4.43. The van der Waals surface area contributed by atoms with Crippen LogP contribution >= 0.6 is 0 Å². The van der Waals surface area contributed by atoms with Crippen molar-refractivity contribution >= 4 is 61.6 Å². The molecule has 0 aromatic heterocycles. The third kappa shape index (κ3) is 8.78. The smallest absolute Gasteiger partial charge is 0.507 e. The molecule has 0 atom stereocenters. The summed E-state index contributed by atoms with van der Waals surface area (Å²) in [6.07, 6.45) is 0. The van der Waals surface area contributed by atoms with Gasteiger partial charge in [-0.15, -0.1) is 10.2 Å². The summed E-state index contributed by atoms with van der Waals surface area (Å²) in [6.45, 7) is 3.39. The molecule has 0 amide bonds. The molecule has 5 rings (SSSR count). The minimum Gasteiger partial charge on any atom is -0.507 e. The van der Waals surface area contributed by atoms with Gasteiger partial charge in [-0.1, -0.05) is 24.3 Å². The molecular formula is C33H28N8NaO6S+. The first kappa shape index (κ1) is 36.5. The molecule has 242 valence electrons. The summed E-state index contributed by atoms with van der Waals surface area (Å²) in [7, 11) is -4.36. The number of benzene rings is 5. The van der Waals surface area contributed by atoms with Crippen molar-refractivity contribution in [1.82, 2.24) is 0 Å². The van der Waals surface area contributed by atoms with Gasteiger partial charge in [-0.05, 0) is 103 Å². The van der Waals surface area contributed by atoms with E-state index in [1.807, 2.05) is 24.3 Å². The van der Waals surface area contributed by atoms with Crippen LogP contribution in [0.1, 0.15) is 21.5 Å². The summed E-state index contributed by atoms with van der Waals surface area (Å²) in [4.78, 5) is 11.0. The Kier molecular flexibility index (Phi) is 11.4. The van der Waals surface area contributed by atoms with E-state index in [9.17, 15) is 22.9 Å². The molecule has 0 spiro atoms. The number of azo groups is 3. The molecule has 0 aliphatic carbocycles. The van der Waals surface area contributed by atoms with E-state index in [-0.39, 0.29) is 62.8 Å². The number of aromatic carboxylic acids is 1. The molecule has 7 N–H and O–H groups in total. The molecular weight excluding hydrogens is 659 g/mol. The Morgan fingerprint density at radius 1 is 0.633 bits per heavy atom. The molecule has 0 saturated carbocycles. The Balaban J connectivity index is 0.00000541. The fourth-order valence-corrected chi connectivity index (χ4v) is 5.00. The van der Waals surface area contributed by atoms with Crippen molar-refractivity contribution in [3.8, 4) is 16.9 Å². The molecule has 5 aromatic carbocycles. The molecule has 0 aliphatic rings. The Bertz CT molecular complexity index is 2240. The molecule has 0 unspecified atom stereocenters. The van der Waals surface area contributed by atoms with Crippen molar-refractivity contribution in [3.05, 3.63) is 108 Å². The van der Waals surface area contributed by atoms with E-state index in [0.29, 0.717) is 39.6 Å². The van der Waals surface area contributed by atoms with Gasteiger partial charge in [-0.3, -0.25) is 4.55 Å². The van der Waals surface area contributed by atoms with Crippen molar-refractivity contribution in [2.24, 2.45) is 30.7 Å². The van der Waals surface area contributed by atoms with Crippen LogP contribution in [0.15, 0.2) is 127 Å². The number of nitrogens with two attached hydrogens (primary N) is 2. The Morgan fingerprint density at radius 3 is 1.71 bits per heavy atom. The number of rotatable bonds is 9. The second-order valence-electron chi connectivity index (χ2n) is 10.5. The first-order valence-corrected chi connectivity index (χ1v) is 15.5. The zero-order valence-electron chi connectivity index (χ0n) is 26.5. The van der Waals surface area contributed by atoms with E-state index in [1.165, 1.54) is 36.4 Å². The van der Waals surface area contributed by atoms with Gasteiger partial charge in [-0.25, -0.2) is 4.79 Å². The molecule has 14 nitrogen and oxygen atoms in total. The van der Waals surface area contributed by atoms with Gasteiger partial charge in [0, 0.05) is 0 Å². The van der Waals surface area contributed by atoms with Crippen LogP contribution in [0.2, 0.25) is 0 Å². The van der Waals surface area contributed by atoms with E-state index in [4.69, 9.17) is 16.6 Å². The summed E-state index contributed by atoms with van der Waals surface area (Å²) in [5, 5.41) is 44.0. The topological polar surface area (TPSA) is 238 Å². The summed E-state index contributed by atoms with van der Waals surface area (Å²) >= 11 is 0. The molecule has 16 heteroatoms. The first-order valence-electron chi connectivity index (χ1n) is 14.1. The van der Waals surface area contributed by atoms with Crippen molar-refractivity contribution in [2.75, 3.05) is 11.5 Å². The van der Waals surface area contributed by atoms with Crippen LogP contribution in [0.3, 0.4) is 0 Å². The summed E-state index contributed by atoms with van der Waals surface area (Å²) in [5.74, 6) is -1.61. The van der Waals surface area contributed by atoms with E-state index >= 15 is 0 Å². The molecule has 0 aliphatic heterocycles. The van der Waals surface area contributed by atoms with Gasteiger partial charge in [0.1, 0.15) is 22.7 Å². The molecule has 0 saturated heterocycles. The second kappa shape index (κ2) is 15.3. The SMILES string of the molecule is Cc1cc(S(=O)(=O)O)ccc1N=Nc1c(N)c(C)cc(N=Nc2ccc(-c3ccc(N=Nc4ccc(O)c(C(=O)O)c4)cc3)cc2)c1N.[Na+]. The van der Waals surface area contributed by atoms with E-state index in [2.05, 4.69) is 30.7 Å². The molecule has 0 fully saturated rings. The van der Waals surface area contributed by atoms with Gasteiger partial charge in [0.05, 0.1) is 39.0 Å². The number of aryl methyl sites for hydroxylation is 2. The molecule has 49 heavy (non-hydrogen) atoms. The average molecular weight is 688 g/mol. The predicted octanol–water partition coefficient (Wildman–Crippen LogP) is 6.04. The minimum absolute atomic E-state index is 0. The van der Waals surface area contributed by atoms with Gasteiger partial charge in [-0.2, -0.15) is 28.9 Å². The van der Waals surface area contributed by atoms with Crippen molar-refractivity contribution in [2.45, 2.75) is 18.7 Å². The monoisotopic (exact) mass is 687 g/mol. The number of anilines is 2. The molecule has 0 bridgehead atoms. The van der Waals surface area contributed by atoms with Crippen molar-refractivity contribution in [3.63, 3.8) is 0 Å². The number of nitrogen functional groups attached to an aromatic ring is 2. The van der Waals surface area contributed by atoms with E-state index < -0.39 is 16.1 Å². The van der Waals surface area contributed by atoms with Crippen LogP contribution in [0.25, 0.3) is 11.1 Å². The fraction of sp³-hybridized carbons (Fsp3) is 0.0606. The predicted molar refractivity (Wildman–Crippen MR) is 180 cm³/mol. The summed E-state index contributed by atoms with van der Waals surface area (Å²) in [5.41, 5.74) is 18.0. The maximum atomic E-state index is 11.4. The van der Waals surface area contributed by atoms with Crippen LogP contribution < -0.4 is 41.0 Å². The van der Waals surface area contributed by atoms with E-state index in [1.54, 1.807) is 44.2 Å². The molecule has 0 radical (unpaired) electrons. The Morgan fingerprint density at radius 2 is 1.16 bits per heavy atom. The number of nitrogens with zero attached hydrogens (tertiary/aromatic N) is 6. The number of carboxylic acids is 1. The Hall–Kier alpha value is -5.32. The number of hydrogen-bond acceptors (Lipinski definition) is 12. The summed E-state index contributed by atoms with van der Waals surface area (Å²) < 4.78 is 32.1. The third-order valence-corrected chi connectivity index (χ3v) is 7.97. The maximum absolute atomic E-state index is 11.4. The first-order chi connectivity index (χ1) is 22.8. The average Bonchev–Trinajstić information content (AvgIpc) is 3.06. The number of carbonyl (C=O) groups is 1. The quantitative estimate of drug-likeness (QED) is 0.0529. The van der Waals surface area contributed by atoms with Gasteiger partial charge in [0.25, 0.3) is 10.1 Å². The van der Waals surface area contributed by atoms with Gasteiger partial charge in [0.2, 0.25) is 0 Å². The number of hydrogen-bond donors (Lipinski definition) is 5. The van der Waals surface area contributed by atoms with Gasteiger partial charge >= 0.3 is 35.5 Å². The molecule has 5 aromatic rings. The maximum Gasteiger partial charge on any atom is 1.00 e. The van der Waals surface area contributed by atoms with Crippen LogP contribution in [0, 0.1) is 13.8 Å². The van der Waals surface area contributed by atoms with Crippen LogP contribution in [0.5, 0.6) is 5.75 Å². The van der Waals surface area contributed by atoms with Crippen LogP contribution in [-0.2, 0) is 10.1 Å². The third-order valence-electron chi connectivity index (χ3n) is 7.12. The largest absolute Gasteiger partial charge is 1.00 e. The van der Waals surface area contributed by atoms with E-state index in [0.717, 1.165) is 11.1 Å². The molecule has 0 heterocycles. The van der Waals surface area contributed by atoms with Crippen molar-refractivity contribution < 1.29 is 57.5 Å². The van der Waals surface area contributed by atoms with Crippen LogP contribution in [-0.4, -0.2) is 29.2 Å². The van der Waals surface area contributed by atoms with Gasteiger partial charge < -0.3 is 21.7 Å². The van der Waals surface area contributed by atoms with Crippen LogP contribution in [0.4, 0.5) is 45.5 Å². The zero-order valence-corrected chi connectivity index (χ0v) is 29.3. The summed E-state index contributed by atoms with van der Waals surface area (Å²) in [6, 6.07) is 24.1. The van der Waals surface area contributed by atoms with Gasteiger partial charge in [0.15, 0.2) is 0 Å². The minimum atomic E-state index is -4.36. The van der Waals surface area contributed by atoms with Crippen molar-refractivity contribution in [1.29, 1.82) is 0 Å². The zero-order chi connectivity index (χ0) is 34.6. The number of phenols is 1. The normalized spacial score (nSPS) is 11.7. The standard InChI is InChI=1S/C33H28N8O6S.Na/c1-18-15-25(48(45,46)47)12-13-27(18)39-41-32-30(34)19(2)16-28(31(32)35)40-37-23-9-5-21(6-10-23)20-3-7-22(8-4-20)36-38-24-11-14-29(42)26(17-24)33(43)44;/h3-17,42H,34-35H2,1-2H3,(H,43,44)(H,45,46,47);/q;+1.